The lowest BCUT2D eigenvalue weighted by atomic mass is 10.2. The zero-order valence-electron chi connectivity index (χ0n) is 15.6. The summed E-state index contributed by atoms with van der Waals surface area (Å²) in [6, 6.07) is 12.7. The number of carbonyl (C=O) groups is 2. The molecule has 1 aromatic heterocycles. The lowest BCUT2D eigenvalue weighted by Crippen LogP contribution is -2.12. The number of hydrogen-bond acceptors (Lipinski definition) is 7. The molecule has 3 aromatic rings. The molecule has 0 aliphatic carbocycles. The zero-order chi connectivity index (χ0) is 20.2. The number of nitrogens with one attached hydrogen (secondary N) is 2. The summed E-state index contributed by atoms with van der Waals surface area (Å²) in [7, 11) is 0. The van der Waals surface area contributed by atoms with Crippen molar-refractivity contribution in [2.24, 2.45) is 0 Å². The van der Waals surface area contributed by atoms with E-state index >= 15 is 0 Å². The van der Waals surface area contributed by atoms with Crippen molar-refractivity contribution in [1.29, 1.82) is 0 Å². The van der Waals surface area contributed by atoms with Gasteiger partial charge in [0.1, 0.15) is 5.01 Å². The highest BCUT2D eigenvalue weighted by atomic mass is 32.1. The molecule has 0 bridgehead atoms. The van der Waals surface area contributed by atoms with E-state index in [1.165, 1.54) is 11.3 Å². The number of carbonyl (C=O) groups excluding carboxylic acids is 2. The fourth-order valence-electron chi connectivity index (χ4n) is 2.69. The van der Waals surface area contributed by atoms with Crippen LogP contribution in [0.2, 0.25) is 0 Å². The molecule has 148 valence electrons. The Morgan fingerprint density at radius 1 is 1.00 bits per heavy atom. The van der Waals surface area contributed by atoms with Gasteiger partial charge in [-0.2, -0.15) is 0 Å². The standard InChI is InChI=1S/C20H18N4O4S/c1-12-2-4-13(5-3-12)22-19(26)20-24-23-18(29-20)9-8-17(25)21-14-6-7-15-16(10-14)28-11-27-15/h2-7,10H,8-9,11H2,1H3,(H,21,25)(H,22,26). The van der Waals surface area contributed by atoms with Gasteiger partial charge in [0.2, 0.25) is 17.7 Å². The summed E-state index contributed by atoms with van der Waals surface area (Å²) in [5.74, 6) is 0.789. The normalized spacial score (nSPS) is 11.9. The maximum Gasteiger partial charge on any atom is 0.286 e. The van der Waals surface area contributed by atoms with E-state index in [1.54, 1.807) is 18.2 Å². The lowest BCUT2D eigenvalue weighted by Gasteiger charge is -2.05. The van der Waals surface area contributed by atoms with Gasteiger partial charge in [-0.1, -0.05) is 29.0 Å². The molecule has 1 aliphatic rings. The molecule has 2 N–H and O–H groups in total. The maximum absolute atomic E-state index is 12.3. The Morgan fingerprint density at radius 2 is 1.76 bits per heavy atom. The Morgan fingerprint density at radius 3 is 2.59 bits per heavy atom. The molecule has 1 aliphatic heterocycles. The number of benzene rings is 2. The first-order valence-electron chi connectivity index (χ1n) is 8.97. The van der Waals surface area contributed by atoms with Crippen molar-refractivity contribution in [3.05, 3.63) is 58.0 Å². The van der Waals surface area contributed by atoms with E-state index in [9.17, 15) is 9.59 Å². The number of ether oxygens (including phenoxy) is 2. The minimum atomic E-state index is -0.317. The average Bonchev–Trinajstić information content (AvgIpc) is 3.37. The second-order valence-corrected chi connectivity index (χ2v) is 7.50. The van der Waals surface area contributed by atoms with Gasteiger partial charge in [0.05, 0.1) is 0 Å². The number of fused-ring (bicyclic) bond motifs is 1. The number of nitrogens with zero attached hydrogens (tertiary/aromatic N) is 2. The van der Waals surface area contributed by atoms with Crippen molar-refractivity contribution in [2.75, 3.05) is 17.4 Å². The van der Waals surface area contributed by atoms with Crippen LogP contribution in [0.4, 0.5) is 11.4 Å². The van der Waals surface area contributed by atoms with Gasteiger partial charge in [-0.3, -0.25) is 9.59 Å². The predicted molar refractivity (Wildman–Crippen MR) is 109 cm³/mol. The van der Waals surface area contributed by atoms with Gasteiger partial charge in [-0.15, -0.1) is 10.2 Å². The largest absolute Gasteiger partial charge is 0.454 e. The predicted octanol–water partition coefficient (Wildman–Crippen LogP) is 3.40. The van der Waals surface area contributed by atoms with Crippen LogP contribution in [0.5, 0.6) is 11.5 Å². The van der Waals surface area contributed by atoms with Crippen LogP contribution in [0.3, 0.4) is 0 Å². The molecule has 0 saturated carbocycles. The number of aromatic nitrogens is 2. The number of hydrogen-bond donors (Lipinski definition) is 2. The van der Waals surface area contributed by atoms with Crippen LogP contribution in [-0.2, 0) is 11.2 Å². The maximum atomic E-state index is 12.3. The van der Waals surface area contributed by atoms with Gasteiger partial charge in [0.25, 0.3) is 5.91 Å². The van der Waals surface area contributed by atoms with Crippen LogP contribution in [0.15, 0.2) is 42.5 Å². The molecule has 0 saturated heterocycles. The van der Waals surface area contributed by atoms with Crippen LogP contribution < -0.4 is 20.1 Å². The van der Waals surface area contributed by atoms with Crippen molar-refractivity contribution in [2.45, 2.75) is 19.8 Å². The quantitative estimate of drug-likeness (QED) is 0.646. The van der Waals surface area contributed by atoms with Gasteiger partial charge in [0.15, 0.2) is 11.5 Å². The number of amides is 2. The molecule has 0 spiro atoms. The summed E-state index contributed by atoms with van der Waals surface area (Å²) >= 11 is 1.18. The van der Waals surface area contributed by atoms with Gasteiger partial charge >= 0.3 is 0 Å². The van der Waals surface area contributed by atoms with Crippen LogP contribution in [0, 0.1) is 6.92 Å². The van der Waals surface area contributed by atoms with Gasteiger partial charge in [0, 0.05) is 30.3 Å². The Bertz CT molecular complexity index is 1050. The molecule has 8 nitrogen and oxygen atoms in total. The first-order chi connectivity index (χ1) is 14.1. The van der Waals surface area contributed by atoms with Crippen molar-refractivity contribution >= 4 is 34.5 Å². The molecular formula is C20H18N4O4S. The number of aryl methyl sites for hydroxylation is 2. The third kappa shape index (κ3) is 4.69. The second-order valence-electron chi connectivity index (χ2n) is 6.44. The molecule has 29 heavy (non-hydrogen) atoms. The molecule has 0 radical (unpaired) electrons. The Balaban J connectivity index is 1.29. The van der Waals surface area contributed by atoms with Crippen LogP contribution >= 0.6 is 11.3 Å². The third-order valence-corrected chi connectivity index (χ3v) is 5.17. The first-order valence-corrected chi connectivity index (χ1v) is 9.78. The van der Waals surface area contributed by atoms with Crippen molar-refractivity contribution < 1.29 is 19.1 Å². The van der Waals surface area contributed by atoms with E-state index in [0.717, 1.165) is 5.56 Å². The van der Waals surface area contributed by atoms with E-state index < -0.39 is 0 Å². The van der Waals surface area contributed by atoms with Gasteiger partial charge in [-0.05, 0) is 31.2 Å². The Hall–Kier alpha value is -3.46. The lowest BCUT2D eigenvalue weighted by molar-refractivity contribution is -0.116. The molecule has 0 fully saturated rings. The highest BCUT2D eigenvalue weighted by Crippen LogP contribution is 2.34. The zero-order valence-corrected chi connectivity index (χ0v) is 16.4. The minimum absolute atomic E-state index is 0.162. The van der Waals surface area contributed by atoms with Crippen molar-refractivity contribution in [3.8, 4) is 11.5 Å². The fraction of sp³-hybridized carbons (Fsp3) is 0.200. The molecule has 0 unspecified atom stereocenters. The van der Waals surface area contributed by atoms with Crippen molar-refractivity contribution in [3.63, 3.8) is 0 Å². The summed E-state index contributed by atoms with van der Waals surface area (Å²) in [5.41, 5.74) is 2.44. The number of anilines is 2. The highest BCUT2D eigenvalue weighted by Gasteiger charge is 2.16. The minimum Gasteiger partial charge on any atom is -0.454 e. The van der Waals surface area contributed by atoms with Crippen LogP contribution in [0.1, 0.15) is 26.8 Å². The smallest absolute Gasteiger partial charge is 0.286 e. The topological polar surface area (TPSA) is 102 Å². The summed E-state index contributed by atoms with van der Waals surface area (Å²) in [5, 5.41) is 14.4. The average molecular weight is 410 g/mol. The molecule has 9 heteroatoms. The summed E-state index contributed by atoms with van der Waals surface area (Å²) < 4.78 is 10.5. The molecule has 2 aromatic carbocycles. The van der Waals surface area contributed by atoms with E-state index in [4.69, 9.17) is 9.47 Å². The van der Waals surface area contributed by atoms with E-state index in [0.29, 0.717) is 34.3 Å². The molecule has 4 rings (SSSR count). The fourth-order valence-corrected chi connectivity index (χ4v) is 3.42. The van der Waals surface area contributed by atoms with E-state index in [2.05, 4.69) is 20.8 Å². The van der Waals surface area contributed by atoms with E-state index in [1.807, 2.05) is 31.2 Å². The van der Waals surface area contributed by atoms with Gasteiger partial charge in [-0.25, -0.2) is 0 Å². The van der Waals surface area contributed by atoms with Gasteiger partial charge < -0.3 is 20.1 Å². The summed E-state index contributed by atoms with van der Waals surface area (Å²) in [4.78, 5) is 24.5. The Labute approximate surface area is 170 Å². The SMILES string of the molecule is Cc1ccc(NC(=O)c2nnc(CCC(=O)Nc3ccc4c(c3)OCO4)s2)cc1. The molecular weight excluding hydrogens is 392 g/mol. The molecule has 0 atom stereocenters. The number of rotatable bonds is 6. The Kier molecular flexibility index (Phi) is 5.39. The molecule has 2 heterocycles. The monoisotopic (exact) mass is 410 g/mol. The summed E-state index contributed by atoms with van der Waals surface area (Å²) in [6.07, 6.45) is 0.620. The second kappa shape index (κ2) is 8.27. The summed E-state index contributed by atoms with van der Waals surface area (Å²) in [6.45, 7) is 2.16. The van der Waals surface area contributed by atoms with Crippen LogP contribution in [-0.4, -0.2) is 28.8 Å². The third-order valence-electron chi connectivity index (χ3n) is 4.19. The highest BCUT2D eigenvalue weighted by molar-refractivity contribution is 7.13. The first kappa shape index (κ1) is 18.9. The van der Waals surface area contributed by atoms with Crippen molar-refractivity contribution in [1.82, 2.24) is 10.2 Å². The molecule has 2 amide bonds. The van der Waals surface area contributed by atoms with E-state index in [-0.39, 0.29) is 30.0 Å². The van der Waals surface area contributed by atoms with Crippen LogP contribution in [0.25, 0.3) is 0 Å².